The predicted octanol–water partition coefficient (Wildman–Crippen LogP) is 7.70. The molecule has 46 heavy (non-hydrogen) atoms. The maximum Gasteiger partial charge on any atom is 0.184 e. The number of azide groups is 1. The van der Waals surface area contributed by atoms with Crippen LogP contribution < -0.4 is 0 Å². The number of nitrogens with zero attached hydrogens (tertiary/aromatic N) is 3. The summed E-state index contributed by atoms with van der Waals surface area (Å²) in [7, 11) is 0. The maximum atomic E-state index is 9.05. The zero-order valence-corrected chi connectivity index (χ0v) is 27.3. The molecule has 0 aliphatic carbocycles. The molecule has 4 unspecified atom stereocenters. The van der Waals surface area contributed by atoms with E-state index in [0.717, 1.165) is 16.7 Å². The van der Waals surface area contributed by atoms with Gasteiger partial charge in [-0.05, 0) is 40.0 Å². The molecule has 9 heteroatoms. The Morgan fingerprint density at radius 1 is 0.609 bits per heavy atom. The molecule has 2 fully saturated rings. The molecule has 2 aliphatic rings. The first-order chi connectivity index (χ1) is 22.4. The van der Waals surface area contributed by atoms with Crippen LogP contribution in [0.1, 0.15) is 44.4 Å². The maximum absolute atomic E-state index is 9.05. The van der Waals surface area contributed by atoms with E-state index in [1.807, 2.05) is 91.0 Å². The molecule has 0 bridgehead atoms. The van der Waals surface area contributed by atoms with Gasteiger partial charge in [0.15, 0.2) is 12.6 Å². The average Bonchev–Trinajstić information content (AvgIpc) is 3.09. The Morgan fingerprint density at radius 3 is 1.72 bits per heavy atom. The third-order valence-corrected chi connectivity index (χ3v) is 9.52. The van der Waals surface area contributed by atoms with E-state index in [-0.39, 0.29) is 48.5 Å². The molecule has 3 aromatic rings. The minimum absolute atomic E-state index is 0.0293. The van der Waals surface area contributed by atoms with Crippen LogP contribution in [0.5, 0.6) is 0 Å². The molecule has 0 N–H and O–H groups in total. The molecule has 3 aromatic carbocycles. The van der Waals surface area contributed by atoms with Crippen molar-refractivity contribution in [2.24, 2.45) is 28.8 Å². The van der Waals surface area contributed by atoms with E-state index in [9.17, 15) is 0 Å². The topological polar surface area (TPSA) is 104 Å². The Balaban J connectivity index is 1.35. The largest absolute Gasteiger partial charge is 0.374 e. The summed E-state index contributed by atoms with van der Waals surface area (Å²) in [5.74, 6) is 0.240. The van der Waals surface area contributed by atoms with E-state index in [1.54, 1.807) is 0 Å². The van der Waals surface area contributed by atoms with E-state index < -0.39 is 18.7 Å². The zero-order valence-electron chi connectivity index (χ0n) is 27.3. The summed E-state index contributed by atoms with van der Waals surface area (Å²) in [4.78, 5) is 2.99. The smallest absolute Gasteiger partial charge is 0.184 e. The van der Waals surface area contributed by atoms with Gasteiger partial charge in [-0.2, -0.15) is 0 Å². The number of benzene rings is 3. The number of hydrogen-bond donors (Lipinski definition) is 0. The summed E-state index contributed by atoms with van der Waals surface area (Å²) in [6.45, 7) is 10.4. The minimum Gasteiger partial charge on any atom is -0.374 e. The van der Waals surface area contributed by atoms with Crippen molar-refractivity contribution >= 4 is 0 Å². The lowest BCUT2D eigenvalue weighted by atomic mass is 9.82. The van der Waals surface area contributed by atoms with E-state index in [1.165, 1.54) is 0 Å². The highest BCUT2D eigenvalue weighted by Crippen LogP contribution is 2.39. The van der Waals surface area contributed by atoms with Gasteiger partial charge in [0, 0.05) is 10.8 Å². The second kappa shape index (κ2) is 17.0. The summed E-state index contributed by atoms with van der Waals surface area (Å²) in [6.07, 6.45) is -2.57. The van der Waals surface area contributed by atoms with Crippen molar-refractivity contribution in [2.75, 3.05) is 13.2 Å². The Bertz CT molecular complexity index is 1360. The van der Waals surface area contributed by atoms with Gasteiger partial charge >= 0.3 is 0 Å². The minimum atomic E-state index is -0.699. The number of hydrogen-bond acceptors (Lipinski definition) is 7. The Morgan fingerprint density at radius 2 is 1.13 bits per heavy atom. The van der Waals surface area contributed by atoms with Crippen molar-refractivity contribution in [3.63, 3.8) is 0 Å². The van der Waals surface area contributed by atoms with Crippen LogP contribution in [0.15, 0.2) is 96.1 Å². The first-order valence-corrected chi connectivity index (χ1v) is 16.3. The predicted molar refractivity (Wildman–Crippen MR) is 175 cm³/mol. The van der Waals surface area contributed by atoms with Gasteiger partial charge in [-0.1, -0.05) is 124 Å². The van der Waals surface area contributed by atoms with E-state index in [0.29, 0.717) is 26.4 Å². The van der Waals surface area contributed by atoms with Gasteiger partial charge in [0.05, 0.1) is 45.2 Å². The first-order valence-electron chi connectivity index (χ1n) is 16.3. The summed E-state index contributed by atoms with van der Waals surface area (Å²) in [5.41, 5.74) is 12.3. The Kier molecular flexibility index (Phi) is 12.6. The second-order valence-electron chi connectivity index (χ2n) is 12.6. The van der Waals surface area contributed by atoms with Crippen LogP contribution in [0.2, 0.25) is 0 Å². The molecule has 0 spiro atoms. The summed E-state index contributed by atoms with van der Waals surface area (Å²) < 4.78 is 39.3. The van der Waals surface area contributed by atoms with Crippen LogP contribution in [0, 0.1) is 23.7 Å². The van der Waals surface area contributed by atoms with Crippen LogP contribution in [0.4, 0.5) is 0 Å². The van der Waals surface area contributed by atoms with Crippen molar-refractivity contribution in [1.29, 1.82) is 0 Å². The third kappa shape index (κ3) is 8.96. The van der Waals surface area contributed by atoms with Gasteiger partial charge in [-0.15, -0.1) is 0 Å². The zero-order chi connectivity index (χ0) is 32.3. The van der Waals surface area contributed by atoms with E-state index >= 15 is 0 Å². The molecule has 246 valence electrons. The molecule has 0 radical (unpaired) electrons. The fraction of sp³-hybridized carbons (Fsp3) is 0.514. The monoisotopic (exact) mass is 629 g/mol. The first kappa shape index (κ1) is 34.1. The van der Waals surface area contributed by atoms with Crippen molar-refractivity contribution in [3.8, 4) is 0 Å². The van der Waals surface area contributed by atoms with Crippen LogP contribution in [-0.2, 0) is 48.2 Å². The molecule has 9 nitrogen and oxygen atoms in total. The molecule has 5 rings (SSSR count). The SMILES string of the molecule is CC1[C@H](OCc2ccccc2)OC(COCc2ccccc2)[C@@H](O[C@@H]2OC(CN=[N+]=[N-])[C@@H](C)[C@H](C)C2OCc2ccccc2)[C@@H]1C. The number of ether oxygens (including phenoxy) is 6. The molecular formula is C37H47N3O6. The molecule has 0 saturated carbocycles. The van der Waals surface area contributed by atoms with Crippen molar-refractivity contribution in [3.05, 3.63) is 118 Å². The summed E-state index contributed by atoms with van der Waals surface area (Å²) in [5, 5.41) is 3.84. The standard InChI is InChI=1S/C37H47N3O6/c1-25-26(2)35(42-22-30-16-10-6-11-17-30)37(44-32(25)20-39-40-38)46-34-27(3)28(4)36(43-23-31-18-12-7-13-19-31)45-33(34)24-41-21-29-14-8-5-9-15-29/h5-19,25-28,32-37H,20-24H2,1-4H3/t25-,26-,27+,28?,32?,33?,34-,35?,36+,37-/m0/s1. The van der Waals surface area contributed by atoms with Crippen LogP contribution >= 0.6 is 0 Å². The molecule has 2 saturated heterocycles. The highest BCUT2D eigenvalue weighted by atomic mass is 16.7. The lowest BCUT2D eigenvalue weighted by Gasteiger charge is -2.49. The van der Waals surface area contributed by atoms with Gasteiger partial charge in [0.25, 0.3) is 0 Å². The van der Waals surface area contributed by atoms with Crippen LogP contribution in [0.25, 0.3) is 10.4 Å². The van der Waals surface area contributed by atoms with Gasteiger partial charge in [0.2, 0.25) is 0 Å². The van der Waals surface area contributed by atoms with Gasteiger partial charge in [-0.3, -0.25) is 0 Å². The third-order valence-electron chi connectivity index (χ3n) is 9.52. The highest BCUT2D eigenvalue weighted by Gasteiger charge is 2.48. The average molecular weight is 630 g/mol. The fourth-order valence-corrected chi connectivity index (χ4v) is 6.26. The molecule has 2 heterocycles. The Hall–Kier alpha value is -3.27. The lowest BCUT2D eigenvalue weighted by Crippen LogP contribution is -2.58. The Labute approximate surface area is 272 Å². The summed E-state index contributed by atoms with van der Waals surface area (Å²) in [6, 6.07) is 30.3. The summed E-state index contributed by atoms with van der Waals surface area (Å²) >= 11 is 0. The molecular weight excluding hydrogens is 582 g/mol. The van der Waals surface area contributed by atoms with Gasteiger partial charge in [-0.25, -0.2) is 0 Å². The van der Waals surface area contributed by atoms with Crippen molar-refractivity contribution in [2.45, 2.75) is 84.5 Å². The highest BCUT2D eigenvalue weighted by molar-refractivity contribution is 5.15. The molecule has 0 aromatic heterocycles. The van der Waals surface area contributed by atoms with Gasteiger partial charge in [0.1, 0.15) is 12.2 Å². The van der Waals surface area contributed by atoms with E-state index in [2.05, 4.69) is 37.7 Å². The fourth-order valence-electron chi connectivity index (χ4n) is 6.26. The van der Waals surface area contributed by atoms with Crippen molar-refractivity contribution in [1.82, 2.24) is 0 Å². The van der Waals surface area contributed by atoms with Crippen LogP contribution in [0.3, 0.4) is 0 Å². The van der Waals surface area contributed by atoms with E-state index in [4.69, 9.17) is 34.0 Å². The second-order valence-corrected chi connectivity index (χ2v) is 12.6. The lowest BCUT2D eigenvalue weighted by molar-refractivity contribution is -0.340. The number of rotatable bonds is 14. The van der Waals surface area contributed by atoms with Crippen molar-refractivity contribution < 1.29 is 28.4 Å². The molecule has 10 atom stereocenters. The molecule has 2 aliphatic heterocycles. The normalized spacial score (nSPS) is 31.2. The quantitative estimate of drug-likeness (QED) is 0.103. The molecule has 0 amide bonds. The van der Waals surface area contributed by atoms with Gasteiger partial charge < -0.3 is 28.4 Å². The van der Waals surface area contributed by atoms with Crippen LogP contribution in [-0.4, -0.2) is 50.1 Å².